The Hall–Kier alpha value is -1.69. The molecule has 0 atom stereocenters. The molecule has 1 aromatic heterocycles. The van der Waals surface area contributed by atoms with Gasteiger partial charge in [0.1, 0.15) is 12.4 Å². The Morgan fingerprint density at radius 3 is 2.61 bits per heavy atom. The van der Waals surface area contributed by atoms with E-state index in [0.29, 0.717) is 12.4 Å². The van der Waals surface area contributed by atoms with E-state index in [9.17, 15) is 4.79 Å². The summed E-state index contributed by atoms with van der Waals surface area (Å²) >= 11 is 0. The molecule has 6 nitrogen and oxygen atoms in total. The number of hydrogen-bond donors (Lipinski definition) is 0. The fraction of sp³-hybridized carbons (Fsp3) is 0.706. The summed E-state index contributed by atoms with van der Waals surface area (Å²) in [5.41, 5.74) is 0.612. The molecule has 0 radical (unpaired) electrons. The lowest BCUT2D eigenvalue weighted by molar-refractivity contribution is -0.139. The maximum Gasteiger partial charge on any atom is 0.228 e. The van der Waals surface area contributed by atoms with Crippen molar-refractivity contribution in [3.05, 3.63) is 17.6 Å². The van der Waals surface area contributed by atoms with Gasteiger partial charge in [0.15, 0.2) is 5.82 Å². The topological polar surface area (TPSA) is 58.6 Å². The van der Waals surface area contributed by atoms with Crippen LogP contribution in [0.2, 0.25) is 0 Å². The third kappa shape index (κ3) is 4.64. The van der Waals surface area contributed by atoms with Crippen LogP contribution in [0.1, 0.15) is 38.7 Å². The normalized spacial score (nSPS) is 16.4. The molecule has 0 aliphatic carbocycles. The predicted octanol–water partition coefficient (Wildman–Crippen LogP) is 2.02. The first-order chi connectivity index (χ1) is 10.8. The Morgan fingerprint density at radius 1 is 1.22 bits per heavy atom. The van der Waals surface area contributed by atoms with Crippen molar-refractivity contribution in [2.75, 3.05) is 38.2 Å². The van der Waals surface area contributed by atoms with Crippen molar-refractivity contribution >= 4 is 11.7 Å². The van der Waals surface area contributed by atoms with Crippen LogP contribution >= 0.6 is 0 Å². The Kier molecular flexibility index (Phi) is 5.57. The van der Waals surface area contributed by atoms with Crippen LogP contribution in [0, 0.1) is 12.3 Å². The van der Waals surface area contributed by atoms with E-state index < -0.39 is 0 Å². The van der Waals surface area contributed by atoms with E-state index in [2.05, 4.69) is 14.9 Å². The molecule has 0 N–H and O–H groups in total. The first-order valence-corrected chi connectivity index (χ1v) is 8.19. The first kappa shape index (κ1) is 17.7. The first-order valence-electron chi connectivity index (χ1n) is 8.19. The summed E-state index contributed by atoms with van der Waals surface area (Å²) in [6.45, 7) is 11.5. The van der Waals surface area contributed by atoms with Crippen LogP contribution in [0.5, 0.6) is 0 Å². The van der Waals surface area contributed by atoms with E-state index in [4.69, 9.17) is 4.74 Å². The number of amides is 1. The molecule has 2 heterocycles. The lowest BCUT2D eigenvalue weighted by Gasteiger charge is -2.28. The van der Waals surface area contributed by atoms with Crippen LogP contribution in [0.25, 0.3) is 0 Å². The van der Waals surface area contributed by atoms with E-state index in [1.54, 1.807) is 7.11 Å². The lowest BCUT2D eigenvalue weighted by Crippen LogP contribution is -2.41. The number of hydrogen-bond acceptors (Lipinski definition) is 5. The standard InChI is InChI=1S/C17H28N4O2/c1-13-11-15(19-14(18-13)12-23-5)20-7-6-8-21(10-9-20)16(22)17(2,3)4/h11H,6-10,12H2,1-5H3. The molecule has 0 saturated carbocycles. The second-order valence-corrected chi connectivity index (χ2v) is 7.10. The molecule has 0 spiro atoms. The molecule has 23 heavy (non-hydrogen) atoms. The van der Waals surface area contributed by atoms with Gasteiger partial charge in [-0.15, -0.1) is 0 Å². The summed E-state index contributed by atoms with van der Waals surface area (Å²) in [4.78, 5) is 25.7. The average molecular weight is 320 g/mol. The van der Waals surface area contributed by atoms with Gasteiger partial charge in [-0.25, -0.2) is 9.97 Å². The van der Waals surface area contributed by atoms with Crippen LogP contribution in [0.4, 0.5) is 5.82 Å². The van der Waals surface area contributed by atoms with Crippen LogP contribution in [-0.4, -0.2) is 54.1 Å². The third-order valence-electron chi connectivity index (χ3n) is 3.91. The van der Waals surface area contributed by atoms with Crippen molar-refractivity contribution < 1.29 is 9.53 Å². The maximum absolute atomic E-state index is 12.5. The van der Waals surface area contributed by atoms with Crippen LogP contribution < -0.4 is 4.90 Å². The van der Waals surface area contributed by atoms with Gasteiger partial charge in [0.05, 0.1) is 0 Å². The summed E-state index contributed by atoms with van der Waals surface area (Å²) in [6, 6.07) is 2.00. The number of ether oxygens (including phenoxy) is 1. The fourth-order valence-electron chi connectivity index (χ4n) is 2.79. The molecular formula is C17H28N4O2. The second-order valence-electron chi connectivity index (χ2n) is 7.10. The van der Waals surface area contributed by atoms with Crippen molar-refractivity contribution in [1.29, 1.82) is 0 Å². The molecule has 1 aliphatic heterocycles. The largest absolute Gasteiger partial charge is 0.377 e. The minimum atomic E-state index is -0.327. The van der Waals surface area contributed by atoms with E-state index in [1.807, 2.05) is 38.7 Å². The van der Waals surface area contributed by atoms with Crippen LogP contribution in [0.15, 0.2) is 6.07 Å². The molecule has 0 unspecified atom stereocenters. The molecule has 128 valence electrons. The zero-order valence-electron chi connectivity index (χ0n) is 14.9. The van der Waals surface area contributed by atoms with Gasteiger partial charge < -0.3 is 14.5 Å². The molecular weight excluding hydrogens is 292 g/mol. The zero-order chi connectivity index (χ0) is 17.0. The summed E-state index contributed by atoms with van der Waals surface area (Å²) < 4.78 is 5.14. The third-order valence-corrected chi connectivity index (χ3v) is 3.91. The van der Waals surface area contributed by atoms with Crippen LogP contribution in [-0.2, 0) is 16.1 Å². The number of nitrogens with zero attached hydrogens (tertiary/aromatic N) is 4. The second kappa shape index (κ2) is 7.25. The number of carbonyl (C=O) groups excluding carboxylic acids is 1. The van der Waals surface area contributed by atoms with E-state index in [-0.39, 0.29) is 11.3 Å². The smallest absolute Gasteiger partial charge is 0.228 e. The SMILES string of the molecule is COCc1nc(C)cc(N2CCCN(C(=O)C(C)(C)C)CC2)n1. The molecule has 6 heteroatoms. The number of carbonyl (C=O) groups is 1. The Morgan fingerprint density at radius 2 is 1.96 bits per heavy atom. The van der Waals surface area contributed by atoms with E-state index in [1.165, 1.54) is 0 Å². The number of aromatic nitrogens is 2. The lowest BCUT2D eigenvalue weighted by atomic mass is 9.94. The molecule has 1 aromatic rings. The highest BCUT2D eigenvalue weighted by atomic mass is 16.5. The highest BCUT2D eigenvalue weighted by Gasteiger charge is 2.28. The average Bonchev–Trinajstić information content (AvgIpc) is 2.71. The molecule has 2 rings (SSSR count). The number of anilines is 1. The fourth-order valence-corrected chi connectivity index (χ4v) is 2.79. The summed E-state index contributed by atoms with van der Waals surface area (Å²) in [5, 5.41) is 0. The highest BCUT2D eigenvalue weighted by molar-refractivity contribution is 5.81. The molecule has 1 amide bonds. The quantitative estimate of drug-likeness (QED) is 0.853. The van der Waals surface area contributed by atoms with Gasteiger partial charge in [0, 0.05) is 50.5 Å². The number of methoxy groups -OCH3 is 1. The van der Waals surface area contributed by atoms with Gasteiger partial charge in [0.25, 0.3) is 0 Å². The maximum atomic E-state index is 12.5. The van der Waals surface area contributed by atoms with Gasteiger partial charge in [-0.1, -0.05) is 20.8 Å². The highest BCUT2D eigenvalue weighted by Crippen LogP contribution is 2.20. The molecule has 1 saturated heterocycles. The van der Waals surface area contributed by atoms with Gasteiger partial charge >= 0.3 is 0 Å². The Bertz CT molecular complexity index is 554. The summed E-state index contributed by atoms with van der Waals surface area (Å²) in [7, 11) is 1.65. The Balaban J connectivity index is 2.10. The van der Waals surface area contributed by atoms with Crippen LogP contribution in [0.3, 0.4) is 0 Å². The predicted molar refractivity (Wildman–Crippen MR) is 90.3 cm³/mol. The minimum absolute atomic E-state index is 0.221. The monoisotopic (exact) mass is 320 g/mol. The van der Waals surface area contributed by atoms with E-state index >= 15 is 0 Å². The van der Waals surface area contributed by atoms with Gasteiger partial charge in [-0.05, 0) is 13.3 Å². The number of rotatable bonds is 3. The minimum Gasteiger partial charge on any atom is -0.377 e. The van der Waals surface area contributed by atoms with Gasteiger partial charge in [0.2, 0.25) is 5.91 Å². The van der Waals surface area contributed by atoms with Crippen molar-refractivity contribution in [3.63, 3.8) is 0 Å². The van der Waals surface area contributed by atoms with E-state index in [0.717, 1.165) is 44.1 Å². The molecule has 1 aliphatic rings. The summed E-state index contributed by atoms with van der Waals surface area (Å²) in [5.74, 6) is 1.85. The van der Waals surface area contributed by atoms with Crippen molar-refractivity contribution in [2.24, 2.45) is 5.41 Å². The van der Waals surface area contributed by atoms with Gasteiger partial charge in [-0.3, -0.25) is 4.79 Å². The van der Waals surface area contributed by atoms with Crippen molar-refractivity contribution in [1.82, 2.24) is 14.9 Å². The van der Waals surface area contributed by atoms with Crippen molar-refractivity contribution in [3.8, 4) is 0 Å². The molecule has 1 fully saturated rings. The van der Waals surface area contributed by atoms with Gasteiger partial charge in [-0.2, -0.15) is 0 Å². The molecule has 0 aromatic carbocycles. The Labute approximate surface area is 138 Å². The summed E-state index contributed by atoms with van der Waals surface area (Å²) in [6.07, 6.45) is 0.949. The van der Waals surface area contributed by atoms with Crippen molar-refractivity contribution in [2.45, 2.75) is 40.7 Å². The zero-order valence-corrected chi connectivity index (χ0v) is 14.9. The molecule has 0 bridgehead atoms. The number of aryl methyl sites for hydroxylation is 1.